The molecule has 0 unspecified atom stereocenters. The molecule has 2 aromatic rings. The minimum atomic E-state index is -3.58. The van der Waals surface area contributed by atoms with E-state index in [9.17, 15) is 18.0 Å². The van der Waals surface area contributed by atoms with Gasteiger partial charge in [-0.2, -0.15) is 0 Å². The molecule has 1 aliphatic heterocycles. The number of pyridine rings is 2. The molecule has 0 aliphatic carbocycles. The van der Waals surface area contributed by atoms with Crippen molar-refractivity contribution in [2.24, 2.45) is 5.73 Å². The number of piperidine rings is 1. The van der Waals surface area contributed by atoms with E-state index in [-0.39, 0.29) is 18.4 Å². The van der Waals surface area contributed by atoms with Crippen LogP contribution >= 0.6 is 0 Å². The van der Waals surface area contributed by atoms with Crippen LogP contribution in [0, 0.1) is 0 Å². The van der Waals surface area contributed by atoms with E-state index in [1.807, 2.05) is 0 Å². The van der Waals surface area contributed by atoms with Gasteiger partial charge in [0.15, 0.2) is 0 Å². The monoisotopic (exact) mass is 421 g/mol. The van der Waals surface area contributed by atoms with Crippen molar-refractivity contribution in [1.29, 1.82) is 0 Å². The summed E-state index contributed by atoms with van der Waals surface area (Å²) in [5.41, 5.74) is 6.99. The Hall–Kier alpha value is -2.79. The number of rotatable bonds is 6. The smallest absolute Gasteiger partial charge is 0.267 e. The van der Waals surface area contributed by atoms with Crippen molar-refractivity contribution in [3.8, 4) is 0 Å². The van der Waals surface area contributed by atoms with Crippen molar-refractivity contribution in [3.05, 3.63) is 30.2 Å². The van der Waals surface area contributed by atoms with Crippen molar-refractivity contribution in [2.75, 3.05) is 37.9 Å². The van der Waals surface area contributed by atoms with Gasteiger partial charge in [-0.3, -0.25) is 14.6 Å². The Morgan fingerprint density at radius 3 is 2.59 bits per heavy atom. The molecule has 1 aliphatic rings. The summed E-state index contributed by atoms with van der Waals surface area (Å²) in [7, 11) is -2.37. The van der Waals surface area contributed by atoms with Crippen LogP contribution in [0.2, 0.25) is 0 Å². The van der Waals surface area contributed by atoms with Crippen LogP contribution in [0.15, 0.2) is 24.5 Å². The van der Waals surface area contributed by atoms with E-state index >= 15 is 0 Å². The van der Waals surface area contributed by atoms with Crippen molar-refractivity contribution in [3.63, 3.8) is 0 Å². The van der Waals surface area contributed by atoms with Gasteiger partial charge in [-0.15, -0.1) is 0 Å². The Morgan fingerprint density at radius 1 is 1.28 bits per heavy atom. The number of carbonyl (C=O) groups excluding carboxylic acids is 2. The second-order valence-corrected chi connectivity index (χ2v) is 8.93. The molecule has 3 heterocycles. The second-order valence-electron chi connectivity index (χ2n) is 6.91. The molecular weight excluding hydrogens is 398 g/mol. The van der Waals surface area contributed by atoms with E-state index in [1.54, 1.807) is 24.5 Å². The fourth-order valence-electron chi connectivity index (χ4n) is 3.13. The Labute approximate surface area is 168 Å². The number of primary amides is 1. The normalized spacial score (nSPS) is 15.4. The Kier molecular flexibility index (Phi) is 5.99. The van der Waals surface area contributed by atoms with E-state index < -0.39 is 21.8 Å². The Bertz CT molecular complexity index is 1030. The number of amides is 2. The molecule has 29 heavy (non-hydrogen) atoms. The highest BCUT2D eigenvalue weighted by molar-refractivity contribution is 7.88. The topological polar surface area (TPSA) is 136 Å². The summed E-state index contributed by atoms with van der Waals surface area (Å²) in [6, 6.07) is 3.33. The SMILES string of the molecule is CN(C(=O)COC1CCN(c2cncc3ccc(C(N)=O)nc23)CC1)S(C)(=O)=O. The van der Waals surface area contributed by atoms with E-state index in [2.05, 4.69) is 14.9 Å². The fourth-order valence-corrected chi connectivity index (χ4v) is 3.55. The van der Waals surface area contributed by atoms with Crippen LogP contribution in [0.1, 0.15) is 23.3 Å². The van der Waals surface area contributed by atoms with Gasteiger partial charge in [0.1, 0.15) is 12.3 Å². The standard InChI is InChI=1S/C18H23N5O5S/c1-22(29(2,26)27)16(24)11-28-13-5-7-23(8-6-13)15-10-20-9-12-3-4-14(18(19)25)21-17(12)15/h3-4,9-10,13H,5-8,11H2,1-2H3,(H2,19,25). The molecule has 11 heteroatoms. The first-order chi connectivity index (χ1) is 13.7. The molecule has 2 amide bonds. The Morgan fingerprint density at radius 2 is 1.97 bits per heavy atom. The first-order valence-corrected chi connectivity index (χ1v) is 10.9. The third-order valence-electron chi connectivity index (χ3n) is 4.91. The van der Waals surface area contributed by atoms with Gasteiger partial charge in [0, 0.05) is 31.7 Å². The molecule has 2 aromatic heterocycles. The van der Waals surface area contributed by atoms with Crippen LogP contribution in [-0.4, -0.2) is 73.6 Å². The molecule has 0 spiro atoms. The zero-order valence-corrected chi connectivity index (χ0v) is 17.1. The highest BCUT2D eigenvalue weighted by Crippen LogP contribution is 2.27. The fraction of sp³-hybridized carbons (Fsp3) is 0.444. The average molecular weight is 421 g/mol. The van der Waals surface area contributed by atoms with Crippen LogP contribution < -0.4 is 10.6 Å². The molecule has 1 fully saturated rings. The molecule has 156 valence electrons. The lowest BCUT2D eigenvalue weighted by Gasteiger charge is -2.33. The highest BCUT2D eigenvalue weighted by Gasteiger charge is 2.24. The molecule has 3 rings (SSSR count). The van der Waals surface area contributed by atoms with Crippen molar-refractivity contribution in [1.82, 2.24) is 14.3 Å². The van der Waals surface area contributed by atoms with Gasteiger partial charge in [-0.25, -0.2) is 17.7 Å². The molecule has 10 nitrogen and oxygen atoms in total. The van der Waals surface area contributed by atoms with Gasteiger partial charge >= 0.3 is 0 Å². The highest BCUT2D eigenvalue weighted by atomic mass is 32.2. The van der Waals surface area contributed by atoms with Crippen molar-refractivity contribution >= 4 is 38.4 Å². The largest absolute Gasteiger partial charge is 0.368 e. The number of likely N-dealkylation sites (N-methyl/N-ethyl adjacent to an activating group) is 1. The predicted molar refractivity (Wildman–Crippen MR) is 107 cm³/mol. The number of nitrogens with zero attached hydrogens (tertiary/aromatic N) is 4. The average Bonchev–Trinajstić information content (AvgIpc) is 2.70. The number of aromatic nitrogens is 2. The Balaban J connectivity index is 1.64. The third kappa shape index (κ3) is 4.80. The van der Waals surface area contributed by atoms with Crippen molar-refractivity contribution < 1.29 is 22.7 Å². The molecule has 0 bridgehead atoms. The summed E-state index contributed by atoms with van der Waals surface area (Å²) in [5, 5.41) is 0.806. The van der Waals surface area contributed by atoms with Gasteiger partial charge in [-0.1, -0.05) is 0 Å². The maximum absolute atomic E-state index is 11.9. The van der Waals surface area contributed by atoms with Gasteiger partial charge in [-0.05, 0) is 25.0 Å². The lowest BCUT2D eigenvalue weighted by molar-refractivity contribution is -0.132. The van der Waals surface area contributed by atoms with Gasteiger partial charge in [0.2, 0.25) is 10.0 Å². The van der Waals surface area contributed by atoms with Crippen LogP contribution in [0.25, 0.3) is 10.9 Å². The van der Waals surface area contributed by atoms with Crippen LogP contribution in [0.4, 0.5) is 5.69 Å². The lowest BCUT2D eigenvalue weighted by atomic mass is 10.1. The maximum atomic E-state index is 11.9. The lowest BCUT2D eigenvalue weighted by Crippen LogP contribution is -2.40. The molecule has 2 N–H and O–H groups in total. The zero-order chi connectivity index (χ0) is 21.2. The summed E-state index contributed by atoms with van der Waals surface area (Å²) >= 11 is 0. The summed E-state index contributed by atoms with van der Waals surface area (Å²) in [5.74, 6) is -1.19. The first-order valence-electron chi connectivity index (χ1n) is 9.04. The molecule has 0 aromatic carbocycles. The second kappa shape index (κ2) is 8.29. The van der Waals surface area contributed by atoms with Gasteiger partial charge in [0.05, 0.1) is 29.8 Å². The zero-order valence-electron chi connectivity index (χ0n) is 16.2. The first kappa shape index (κ1) is 20.9. The summed E-state index contributed by atoms with van der Waals surface area (Å²) < 4.78 is 29.1. The molecule has 1 saturated heterocycles. The molecule has 0 atom stereocenters. The number of hydrogen-bond donors (Lipinski definition) is 1. The third-order valence-corrected chi connectivity index (χ3v) is 6.10. The number of carbonyl (C=O) groups is 2. The maximum Gasteiger partial charge on any atom is 0.267 e. The van der Waals surface area contributed by atoms with E-state index in [4.69, 9.17) is 10.5 Å². The van der Waals surface area contributed by atoms with E-state index in [0.717, 1.165) is 17.3 Å². The van der Waals surface area contributed by atoms with Gasteiger partial charge < -0.3 is 15.4 Å². The van der Waals surface area contributed by atoms with Crippen LogP contribution in [-0.2, 0) is 19.6 Å². The predicted octanol–water partition coefficient (Wildman–Crippen LogP) is 0.132. The number of nitrogens with two attached hydrogens (primary N) is 1. The number of fused-ring (bicyclic) bond motifs is 1. The summed E-state index contributed by atoms with van der Waals surface area (Å²) in [4.78, 5) is 34.1. The number of anilines is 1. The number of sulfonamides is 1. The van der Waals surface area contributed by atoms with E-state index in [1.165, 1.54) is 7.05 Å². The summed E-state index contributed by atoms with van der Waals surface area (Å²) in [6.07, 6.45) is 5.51. The number of ether oxygens (including phenoxy) is 1. The summed E-state index contributed by atoms with van der Waals surface area (Å²) in [6.45, 7) is 1.00. The molecule has 0 radical (unpaired) electrons. The molecule has 0 saturated carbocycles. The van der Waals surface area contributed by atoms with Crippen molar-refractivity contribution in [2.45, 2.75) is 18.9 Å². The minimum absolute atomic E-state index is 0.153. The quantitative estimate of drug-likeness (QED) is 0.695. The van der Waals surface area contributed by atoms with Gasteiger partial charge in [0.25, 0.3) is 11.8 Å². The minimum Gasteiger partial charge on any atom is -0.368 e. The van der Waals surface area contributed by atoms with Crippen LogP contribution in [0.5, 0.6) is 0 Å². The van der Waals surface area contributed by atoms with Crippen LogP contribution in [0.3, 0.4) is 0 Å². The molecular formula is C18H23N5O5S. The van der Waals surface area contributed by atoms with E-state index in [0.29, 0.717) is 35.8 Å². The number of hydrogen-bond acceptors (Lipinski definition) is 8.